The van der Waals surface area contributed by atoms with Crippen molar-refractivity contribution in [2.45, 2.75) is 45.8 Å². The van der Waals surface area contributed by atoms with E-state index in [1.807, 2.05) is 36.1 Å². The molecule has 1 aliphatic heterocycles. The number of imidazole rings is 1. The average molecular weight is 516 g/mol. The minimum absolute atomic E-state index is 0.0819. The molecule has 0 spiro atoms. The lowest BCUT2D eigenvalue weighted by molar-refractivity contribution is 0.243. The Morgan fingerprint density at radius 2 is 1.97 bits per heavy atom. The summed E-state index contributed by atoms with van der Waals surface area (Å²) in [6.45, 7) is 4.87. The van der Waals surface area contributed by atoms with E-state index in [9.17, 15) is 14.4 Å². The molecule has 0 saturated carbocycles. The highest BCUT2D eigenvalue weighted by atomic mass is 16.2. The van der Waals surface area contributed by atoms with E-state index in [0.717, 1.165) is 34.0 Å². The number of nitrogens with one attached hydrogen (secondary N) is 1. The molecule has 1 fully saturated rings. The SMILES string of the molecule is CC#CCn1c(N2CCCC(NC(N)=O)C2)nc2c1c(=O)n(Cc1nc(C)c3ccccc3n1)c(=O)n2C. The fourth-order valence-electron chi connectivity index (χ4n) is 5.03. The molecule has 3 aromatic heterocycles. The molecule has 1 unspecified atom stereocenters. The largest absolute Gasteiger partial charge is 0.352 e. The monoisotopic (exact) mass is 515 g/mol. The van der Waals surface area contributed by atoms with Gasteiger partial charge in [-0.1, -0.05) is 24.1 Å². The maximum absolute atomic E-state index is 13.8. The van der Waals surface area contributed by atoms with Crippen LogP contribution in [-0.4, -0.2) is 53.8 Å². The molecular formula is C26H29N9O3. The van der Waals surface area contributed by atoms with Gasteiger partial charge >= 0.3 is 11.7 Å². The Morgan fingerprint density at radius 1 is 1.18 bits per heavy atom. The van der Waals surface area contributed by atoms with Gasteiger partial charge in [0.2, 0.25) is 5.95 Å². The van der Waals surface area contributed by atoms with Crippen molar-refractivity contribution in [1.29, 1.82) is 0 Å². The lowest BCUT2D eigenvalue weighted by Crippen LogP contribution is -2.50. The molecule has 0 radical (unpaired) electrons. The van der Waals surface area contributed by atoms with Crippen LogP contribution in [0.3, 0.4) is 0 Å². The predicted molar refractivity (Wildman–Crippen MR) is 144 cm³/mol. The van der Waals surface area contributed by atoms with E-state index >= 15 is 0 Å². The minimum Gasteiger partial charge on any atom is -0.352 e. The number of fused-ring (bicyclic) bond motifs is 2. The lowest BCUT2D eigenvalue weighted by Gasteiger charge is -2.33. The number of anilines is 1. The molecule has 4 aromatic rings. The first-order chi connectivity index (χ1) is 18.3. The summed E-state index contributed by atoms with van der Waals surface area (Å²) in [7, 11) is 1.59. The zero-order chi connectivity index (χ0) is 27.0. The molecule has 1 aromatic carbocycles. The van der Waals surface area contributed by atoms with E-state index in [1.54, 1.807) is 18.5 Å². The third kappa shape index (κ3) is 4.47. The number of hydrogen-bond acceptors (Lipinski definition) is 7. The number of para-hydroxylation sites is 1. The molecule has 5 rings (SSSR count). The number of nitrogens with zero attached hydrogens (tertiary/aromatic N) is 7. The highest BCUT2D eigenvalue weighted by Gasteiger charge is 2.28. The number of piperidine rings is 1. The van der Waals surface area contributed by atoms with Gasteiger partial charge in [-0.25, -0.2) is 19.6 Å². The summed E-state index contributed by atoms with van der Waals surface area (Å²) in [5, 5.41) is 3.68. The summed E-state index contributed by atoms with van der Waals surface area (Å²) in [4.78, 5) is 54.5. The average Bonchev–Trinajstić information content (AvgIpc) is 3.28. The summed E-state index contributed by atoms with van der Waals surface area (Å²) < 4.78 is 4.25. The van der Waals surface area contributed by atoms with Crippen LogP contribution in [0.1, 0.15) is 31.3 Å². The molecule has 0 bridgehead atoms. The fraction of sp³-hybridized carbons (Fsp3) is 0.385. The third-order valence-electron chi connectivity index (χ3n) is 6.82. The number of carbonyl (C=O) groups excluding carboxylic acids is 1. The second-order valence-electron chi connectivity index (χ2n) is 9.37. The van der Waals surface area contributed by atoms with Gasteiger partial charge in [0.15, 0.2) is 11.2 Å². The fourth-order valence-corrected chi connectivity index (χ4v) is 5.03. The van der Waals surface area contributed by atoms with Crippen molar-refractivity contribution in [1.82, 2.24) is 34.0 Å². The molecule has 2 amide bonds. The van der Waals surface area contributed by atoms with E-state index in [-0.39, 0.29) is 30.3 Å². The van der Waals surface area contributed by atoms with E-state index < -0.39 is 17.3 Å². The Labute approximate surface area is 218 Å². The normalized spacial score (nSPS) is 15.4. The van der Waals surface area contributed by atoms with Crippen LogP contribution in [0.2, 0.25) is 0 Å². The van der Waals surface area contributed by atoms with Crippen LogP contribution in [0.4, 0.5) is 10.7 Å². The van der Waals surface area contributed by atoms with E-state index in [0.29, 0.717) is 24.9 Å². The Bertz CT molecular complexity index is 1740. The van der Waals surface area contributed by atoms with Gasteiger partial charge < -0.3 is 16.0 Å². The summed E-state index contributed by atoms with van der Waals surface area (Å²) >= 11 is 0. The van der Waals surface area contributed by atoms with Crippen LogP contribution in [-0.2, 0) is 20.1 Å². The van der Waals surface area contributed by atoms with Crippen molar-refractivity contribution in [2.24, 2.45) is 12.8 Å². The van der Waals surface area contributed by atoms with Gasteiger partial charge in [-0.15, -0.1) is 5.92 Å². The van der Waals surface area contributed by atoms with Gasteiger partial charge in [0.1, 0.15) is 5.82 Å². The standard InChI is InChI=1S/C26H29N9O3/c1-4-5-13-34-21-22(31-25(34)33-12-8-9-17(14-33)29-24(27)37)32(3)26(38)35(23(21)36)15-20-28-16(2)18-10-6-7-11-19(18)30-20/h6-7,10-11,17H,8-9,12-15H2,1-3H3,(H3,27,29,37). The minimum atomic E-state index is -0.585. The zero-order valence-corrected chi connectivity index (χ0v) is 21.6. The second-order valence-corrected chi connectivity index (χ2v) is 9.37. The van der Waals surface area contributed by atoms with Crippen LogP contribution in [0.25, 0.3) is 22.1 Å². The molecular weight excluding hydrogens is 486 g/mol. The van der Waals surface area contributed by atoms with Gasteiger partial charge in [-0.05, 0) is 32.8 Å². The van der Waals surface area contributed by atoms with Crippen LogP contribution in [0.15, 0.2) is 33.9 Å². The van der Waals surface area contributed by atoms with Gasteiger partial charge in [0.25, 0.3) is 5.56 Å². The van der Waals surface area contributed by atoms with Crippen molar-refractivity contribution < 1.29 is 4.79 Å². The van der Waals surface area contributed by atoms with Crippen LogP contribution >= 0.6 is 0 Å². The molecule has 1 saturated heterocycles. The summed E-state index contributed by atoms with van der Waals surface area (Å²) in [6.07, 6.45) is 1.58. The number of benzene rings is 1. The molecule has 12 nitrogen and oxygen atoms in total. The van der Waals surface area contributed by atoms with Gasteiger partial charge in [-0.3, -0.25) is 18.5 Å². The highest BCUT2D eigenvalue weighted by Crippen LogP contribution is 2.23. The summed E-state index contributed by atoms with van der Waals surface area (Å²) in [6, 6.07) is 6.87. The van der Waals surface area contributed by atoms with E-state index in [1.165, 1.54) is 4.57 Å². The Balaban J connectivity index is 1.64. The summed E-state index contributed by atoms with van der Waals surface area (Å²) in [5.74, 6) is 6.78. The lowest BCUT2D eigenvalue weighted by atomic mass is 10.1. The van der Waals surface area contributed by atoms with Gasteiger partial charge in [-0.2, -0.15) is 4.98 Å². The van der Waals surface area contributed by atoms with Crippen LogP contribution in [0, 0.1) is 18.8 Å². The highest BCUT2D eigenvalue weighted by molar-refractivity contribution is 5.80. The Morgan fingerprint density at radius 3 is 2.74 bits per heavy atom. The van der Waals surface area contributed by atoms with Crippen LogP contribution < -0.4 is 27.2 Å². The van der Waals surface area contributed by atoms with Gasteiger partial charge in [0.05, 0.1) is 18.6 Å². The quantitative estimate of drug-likeness (QED) is 0.375. The number of amides is 2. The van der Waals surface area contributed by atoms with E-state index in [2.05, 4.69) is 27.1 Å². The number of urea groups is 1. The van der Waals surface area contributed by atoms with Crippen LogP contribution in [0.5, 0.6) is 0 Å². The first kappa shape index (κ1) is 25.0. The Kier molecular flexibility index (Phi) is 6.59. The number of hydrogen-bond donors (Lipinski definition) is 2. The Hall–Kier alpha value is -4.66. The van der Waals surface area contributed by atoms with Crippen molar-refractivity contribution >= 4 is 34.0 Å². The smallest absolute Gasteiger partial charge is 0.332 e. The molecule has 196 valence electrons. The maximum Gasteiger partial charge on any atom is 0.332 e. The van der Waals surface area contributed by atoms with Crippen molar-refractivity contribution in [3.63, 3.8) is 0 Å². The maximum atomic E-state index is 13.8. The molecule has 4 heterocycles. The van der Waals surface area contributed by atoms with Crippen molar-refractivity contribution in [3.05, 3.63) is 56.6 Å². The molecule has 0 aliphatic carbocycles. The summed E-state index contributed by atoms with van der Waals surface area (Å²) in [5.41, 5.74) is 6.39. The molecule has 12 heteroatoms. The second kappa shape index (κ2) is 10.0. The first-order valence-electron chi connectivity index (χ1n) is 12.4. The number of carbonyl (C=O) groups is 1. The number of nitrogens with two attached hydrogens (primary N) is 1. The number of aromatic nitrogens is 6. The number of aryl methyl sites for hydroxylation is 2. The van der Waals surface area contributed by atoms with Crippen molar-refractivity contribution in [3.8, 4) is 11.8 Å². The molecule has 1 atom stereocenters. The first-order valence-corrected chi connectivity index (χ1v) is 12.4. The predicted octanol–water partition coefficient (Wildman–Crippen LogP) is 0.857. The number of primary amides is 1. The molecule has 38 heavy (non-hydrogen) atoms. The third-order valence-corrected chi connectivity index (χ3v) is 6.82. The van der Waals surface area contributed by atoms with E-state index in [4.69, 9.17) is 10.7 Å². The zero-order valence-electron chi connectivity index (χ0n) is 21.6. The topological polar surface area (TPSA) is 146 Å². The molecule has 3 N–H and O–H groups in total. The molecule has 1 aliphatic rings. The number of rotatable bonds is 5. The van der Waals surface area contributed by atoms with Crippen molar-refractivity contribution in [2.75, 3.05) is 18.0 Å². The van der Waals surface area contributed by atoms with Gasteiger partial charge in [0, 0.05) is 37.3 Å².